The molecule has 22 heavy (non-hydrogen) atoms. The molecule has 1 aliphatic rings. The maximum atomic E-state index is 12.6. The van der Waals surface area contributed by atoms with Gasteiger partial charge in [-0.2, -0.15) is 0 Å². The highest BCUT2D eigenvalue weighted by Crippen LogP contribution is 2.33. The summed E-state index contributed by atoms with van der Waals surface area (Å²) in [6.07, 6.45) is 3.07. The van der Waals surface area contributed by atoms with Crippen LogP contribution < -0.4 is 0 Å². The molecule has 0 unspecified atom stereocenters. The van der Waals surface area contributed by atoms with Crippen molar-refractivity contribution in [2.75, 3.05) is 6.54 Å². The van der Waals surface area contributed by atoms with Crippen LogP contribution in [0.1, 0.15) is 53.8 Å². The molecule has 1 aliphatic heterocycles. The second kappa shape index (κ2) is 5.94. The Bertz CT molecular complexity index is 654. The Morgan fingerprint density at radius 3 is 2.77 bits per heavy atom. The topological polar surface area (TPSA) is 72.4 Å². The lowest BCUT2D eigenvalue weighted by Crippen LogP contribution is -2.30. The molecular weight excluding hydrogens is 282 g/mol. The van der Waals surface area contributed by atoms with Gasteiger partial charge in [0.2, 0.25) is 5.91 Å². The van der Waals surface area contributed by atoms with E-state index in [9.17, 15) is 4.79 Å². The molecule has 1 amide bonds. The van der Waals surface area contributed by atoms with Gasteiger partial charge in [-0.25, -0.2) is 0 Å². The molecule has 0 aromatic carbocycles. The third-order valence-electron chi connectivity index (χ3n) is 4.32. The Morgan fingerprint density at radius 1 is 1.32 bits per heavy atom. The van der Waals surface area contributed by atoms with E-state index >= 15 is 0 Å². The quantitative estimate of drug-likeness (QED) is 0.868. The zero-order valence-electron chi connectivity index (χ0n) is 13.3. The zero-order valence-corrected chi connectivity index (χ0v) is 13.3. The minimum Gasteiger partial charge on any atom is -0.361 e. The first-order valence-corrected chi connectivity index (χ1v) is 7.70. The van der Waals surface area contributed by atoms with Gasteiger partial charge in [-0.1, -0.05) is 10.3 Å². The molecule has 118 valence electrons. The maximum Gasteiger partial charge on any atom is 0.223 e. The molecule has 3 rings (SSSR count). The fourth-order valence-corrected chi connectivity index (χ4v) is 3.14. The molecule has 0 saturated carbocycles. The molecule has 1 atom stereocenters. The molecular formula is C16H21N3O3. The van der Waals surface area contributed by atoms with E-state index in [2.05, 4.69) is 10.3 Å². The van der Waals surface area contributed by atoms with Gasteiger partial charge in [-0.05, 0) is 40.0 Å². The summed E-state index contributed by atoms with van der Waals surface area (Å²) in [6, 6.07) is 1.95. The van der Waals surface area contributed by atoms with Crippen molar-refractivity contribution in [1.82, 2.24) is 15.2 Å². The Kier molecular flexibility index (Phi) is 4.00. The molecule has 0 N–H and O–H groups in total. The number of rotatable bonds is 4. The number of hydrogen-bond donors (Lipinski definition) is 0. The molecule has 0 bridgehead atoms. The summed E-state index contributed by atoms with van der Waals surface area (Å²) in [7, 11) is 0. The van der Waals surface area contributed by atoms with Crippen molar-refractivity contribution in [1.29, 1.82) is 0 Å². The summed E-state index contributed by atoms with van der Waals surface area (Å²) in [5, 5.41) is 7.86. The van der Waals surface area contributed by atoms with E-state index in [0.29, 0.717) is 12.8 Å². The third-order valence-corrected chi connectivity index (χ3v) is 4.32. The highest BCUT2D eigenvalue weighted by atomic mass is 16.5. The van der Waals surface area contributed by atoms with Gasteiger partial charge < -0.3 is 13.9 Å². The van der Waals surface area contributed by atoms with Gasteiger partial charge in [0.15, 0.2) is 5.76 Å². The van der Waals surface area contributed by atoms with E-state index in [0.717, 1.165) is 47.9 Å². The van der Waals surface area contributed by atoms with Crippen LogP contribution in [0.3, 0.4) is 0 Å². The smallest absolute Gasteiger partial charge is 0.223 e. The van der Waals surface area contributed by atoms with E-state index < -0.39 is 0 Å². The highest BCUT2D eigenvalue weighted by Gasteiger charge is 2.32. The molecule has 0 spiro atoms. The first kappa shape index (κ1) is 14.8. The summed E-state index contributed by atoms with van der Waals surface area (Å²) in [5.74, 6) is 1.74. The van der Waals surface area contributed by atoms with Crippen LogP contribution in [0.4, 0.5) is 0 Å². The van der Waals surface area contributed by atoms with Crippen molar-refractivity contribution in [3.8, 4) is 0 Å². The average Bonchev–Trinajstić information content (AvgIpc) is 3.18. The lowest BCUT2D eigenvalue weighted by Gasteiger charge is -2.22. The van der Waals surface area contributed by atoms with Crippen molar-refractivity contribution in [2.45, 2.75) is 52.5 Å². The fraction of sp³-hybridized carbons (Fsp3) is 0.562. The highest BCUT2D eigenvalue weighted by molar-refractivity contribution is 5.77. The van der Waals surface area contributed by atoms with Crippen molar-refractivity contribution in [2.24, 2.45) is 0 Å². The second-order valence-corrected chi connectivity index (χ2v) is 5.92. The van der Waals surface area contributed by atoms with Crippen LogP contribution in [-0.4, -0.2) is 27.7 Å². The maximum absolute atomic E-state index is 12.6. The SMILES string of the molecule is Cc1cc([C@H]2CCCN2C(=O)CCc2c(C)noc2C)on1. The second-order valence-electron chi connectivity index (χ2n) is 5.92. The predicted octanol–water partition coefficient (Wildman–Crippen LogP) is 2.88. The first-order valence-electron chi connectivity index (χ1n) is 7.70. The summed E-state index contributed by atoms with van der Waals surface area (Å²) in [6.45, 7) is 6.47. The number of carbonyl (C=O) groups excluding carboxylic acids is 1. The fourth-order valence-electron chi connectivity index (χ4n) is 3.14. The normalized spacial score (nSPS) is 18.1. The number of aromatic nitrogens is 2. The number of likely N-dealkylation sites (tertiary alicyclic amines) is 1. The lowest BCUT2D eigenvalue weighted by molar-refractivity contribution is -0.132. The monoisotopic (exact) mass is 303 g/mol. The average molecular weight is 303 g/mol. The molecule has 3 heterocycles. The predicted molar refractivity (Wildman–Crippen MR) is 79.2 cm³/mol. The molecule has 1 saturated heterocycles. The molecule has 0 aliphatic carbocycles. The zero-order chi connectivity index (χ0) is 15.7. The third kappa shape index (κ3) is 2.77. The largest absolute Gasteiger partial charge is 0.361 e. The van der Waals surface area contributed by atoms with Crippen molar-refractivity contribution < 1.29 is 13.8 Å². The van der Waals surface area contributed by atoms with Crippen molar-refractivity contribution in [3.05, 3.63) is 34.5 Å². The van der Waals surface area contributed by atoms with Gasteiger partial charge in [0, 0.05) is 24.6 Å². The van der Waals surface area contributed by atoms with Gasteiger partial charge in [0.1, 0.15) is 5.76 Å². The minimum absolute atomic E-state index is 0.0263. The van der Waals surface area contributed by atoms with Gasteiger partial charge in [0.25, 0.3) is 0 Å². The number of carbonyl (C=O) groups is 1. The molecule has 2 aromatic heterocycles. The van der Waals surface area contributed by atoms with Crippen molar-refractivity contribution in [3.63, 3.8) is 0 Å². The van der Waals surface area contributed by atoms with E-state index in [1.165, 1.54) is 0 Å². The van der Waals surface area contributed by atoms with Gasteiger partial charge in [-0.3, -0.25) is 4.79 Å². The van der Waals surface area contributed by atoms with Crippen LogP contribution in [0.2, 0.25) is 0 Å². The van der Waals surface area contributed by atoms with Gasteiger partial charge >= 0.3 is 0 Å². The summed E-state index contributed by atoms with van der Waals surface area (Å²) < 4.78 is 10.5. The van der Waals surface area contributed by atoms with Gasteiger partial charge in [0.05, 0.1) is 17.4 Å². The Hall–Kier alpha value is -2.11. The van der Waals surface area contributed by atoms with Gasteiger partial charge in [-0.15, -0.1) is 0 Å². The number of nitrogens with zero attached hydrogens (tertiary/aromatic N) is 3. The molecule has 0 radical (unpaired) electrons. The van der Waals surface area contributed by atoms with E-state index in [4.69, 9.17) is 9.05 Å². The molecule has 1 fully saturated rings. The summed E-state index contributed by atoms with van der Waals surface area (Å²) in [4.78, 5) is 14.5. The Labute approximate surface area is 129 Å². The first-order chi connectivity index (χ1) is 10.6. The lowest BCUT2D eigenvalue weighted by atomic mass is 10.1. The molecule has 2 aromatic rings. The number of aryl methyl sites for hydroxylation is 3. The van der Waals surface area contributed by atoms with Crippen LogP contribution in [0, 0.1) is 20.8 Å². The molecule has 6 nitrogen and oxygen atoms in total. The van der Waals surface area contributed by atoms with E-state index in [1.54, 1.807) is 0 Å². The van der Waals surface area contributed by atoms with E-state index in [-0.39, 0.29) is 11.9 Å². The number of hydrogen-bond acceptors (Lipinski definition) is 5. The van der Waals surface area contributed by atoms with Crippen LogP contribution in [0.25, 0.3) is 0 Å². The summed E-state index contributed by atoms with van der Waals surface area (Å²) >= 11 is 0. The summed E-state index contributed by atoms with van der Waals surface area (Å²) in [5.41, 5.74) is 2.76. The van der Waals surface area contributed by atoms with Crippen molar-refractivity contribution >= 4 is 5.91 Å². The van der Waals surface area contributed by atoms with Crippen LogP contribution in [-0.2, 0) is 11.2 Å². The standard InChI is InChI=1S/C16H21N3O3/c1-10-9-15(22-17-10)14-5-4-8-19(14)16(20)7-6-13-11(2)18-21-12(13)3/h9,14H,4-8H2,1-3H3/t14-/m1/s1. The Morgan fingerprint density at radius 2 is 2.14 bits per heavy atom. The Balaban J connectivity index is 1.66. The molecule has 6 heteroatoms. The minimum atomic E-state index is 0.0263. The number of amides is 1. The van der Waals surface area contributed by atoms with E-state index in [1.807, 2.05) is 31.7 Å². The van der Waals surface area contributed by atoms with Crippen LogP contribution >= 0.6 is 0 Å². The van der Waals surface area contributed by atoms with Crippen LogP contribution in [0.15, 0.2) is 15.1 Å². The van der Waals surface area contributed by atoms with Crippen LogP contribution in [0.5, 0.6) is 0 Å².